The molecule has 16 heavy (non-hydrogen) atoms. The predicted molar refractivity (Wildman–Crippen MR) is 65.8 cm³/mol. The van der Waals surface area contributed by atoms with Crippen LogP contribution in [0.5, 0.6) is 11.6 Å². The third kappa shape index (κ3) is 2.85. The molecule has 1 heterocycles. The monoisotopic (exact) mass is 237 g/mol. The van der Waals surface area contributed by atoms with Crippen LogP contribution in [0.1, 0.15) is 0 Å². The second-order valence-electron chi connectivity index (χ2n) is 2.91. The fourth-order valence-corrected chi connectivity index (χ4v) is 1.20. The molecule has 0 atom stereocenters. The van der Waals surface area contributed by atoms with Crippen molar-refractivity contribution in [2.45, 2.75) is 0 Å². The summed E-state index contributed by atoms with van der Waals surface area (Å²) in [6.07, 6.45) is 1.67. The highest BCUT2D eigenvalue weighted by Gasteiger charge is 2.02. The summed E-state index contributed by atoms with van der Waals surface area (Å²) in [5.74, 6) is 6.55. The summed E-state index contributed by atoms with van der Waals surface area (Å²) in [6, 6.07) is 12.9. The van der Waals surface area contributed by atoms with Gasteiger partial charge < -0.3 is 10.2 Å². The second-order valence-corrected chi connectivity index (χ2v) is 2.91. The van der Waals surface area contributed by atoms with E-state index in [1.807, 2.05) is 36.4 Å². The summed E-state index contributed by atoms with van der Waals surface area (Å²) in [7, 11) is 0. The lowest BCUT2D eigenvalue weighted by atomic mass is 10.3. The summed E-state index contributed by atoms with van der Waals surface area (Å²) >= 11 is 0. The largest absolute Gasteiger partial charge is 0.437 e. The number of anilines is 1. The Morgan fingerprint density at radius 3 is 2.50 bits per heavy atom. The van der Waals surface area contributed by atoms with Gasteiger partial charge in [0.2, 0.25) is 5.88 Å². The first-order valence-electron chi connectivity index (χ1n) is 4.54. The molecule has 1 aromatic carbocycles. The molecule has 1 aromatic heterocycles. The van der Waals surface area contributed by atoms with Gasteiger partial charge in [-0.3, -0.25) is 5.84 Å². The van der Waals surface area contributed by atoms with Gasteiger partial charge in [0, 0.05) is 12.3 Å². The zero-order valence-corrected chi connectivity index (χ0v) is 9.28. The number of nitrogen functional groups attached to an aromatic ring is 1. The molecule has 3 N–H and O–H groups in total. The zero-order valence-electron chi connectivity index (χ0n) is 8.46. The van der Waals surface area contributed by atoms with Gasteiger partial charge in [-0.25, -0.2) is 4.98 Å². The molecule has 5 heteroatoms. The van der Waals surface area contributed by atoms with Gasteiger partial charge in [0.1, 0.15) is 0 Å². The van der Waals surface area contributed by atoms with Crippen LogP contribution in [0.3, 0.4) is 0 Å². The topological polar surface area (TPSA) is 60.2 Å². The van der Waals surface area contributed by atoms with Crippen molar-refractivity contribution < 1.29 is 4.74 Å². The minimum Gasteiger partial charge on any atom is -0.437 e. The van der Waals surface area contributed by atoms with Crippen LogP contribution in [-0.2, 0) is 0 Å². The first-order chi connectivity index (χ1) is 7.40. The average Bonchev–Trinajstić information content (AvgIpc) is 2.31. The van der Waals surface area contributed by atoms with E-state index in [9.17, 15) is 0 Å². The molecule has 0 radical (unpaired) electrons. The number of hydrogen-bond donors (Lipinski definition) is 2. The van der Waals surface area contributed by atoms with E-state index in [-0.39, 0.29) is 12.4 Å². The Morgan fingerprint density at radius 1 is 1.06 bits per heavy atom. The molecule has 0 aliphatic heterocycles. The number of nitrogens with zero attached hydrogens (tertiary/aromatic N) is 1. The quantitative estimate of drug-likeness (QED) is 0.636. The van der Waals surface area contributed by atoms with Crippen LogP contribution >= 0.6 is 12.4 Å². The van der Waals surface area contributed by atoms with Crippen LogP contribution in [0, 0.1) is 0 Å². The smallest absolute Gasteiger partial charge is 0.219 e. The van der Waals surface area contributed by atoms with Crippen molar-refractivity contribution in [1.29, 1.82) is 0 Å². The summed E-state index contributed by atoms with van der Waals surface area (Å²) < 4.78 is 5.55. The molecule has 4 nitrogen and oxygen atoms in total. The molecule has 2 rings (SSSR count). The Labute approximate surface area is 99.8 Å². The van der Waals surface area contributed by atoms with E-state index in [0.717, 1.165) is 5.69 Å². The van der Waals surface area contributed by atoms with Crippen LogP contribution in [-0.4, -0.2) is 4.98 Å². The highest BCUT2D eigenvalue weighted by atomic mass is 35.5. The third-order valence-electron chi connectivity index (χ3n) is 1.89. The van der Waals surface area contributed by atoms with Crippen LogP contribution < -0.4 is 16.0 Å². The number of hydrogen-bond acceptors (Lipinski definition) is 4. The lowest BCUT2D eigenvalue weighted by Gasteiger charge is -2.08. The summed E-state index contributed by atoms with van der Waals surface area (Å²) in [5.41, 5.74) is 3.29. The number of halogens is 1. The number of aromatic nitrogens is 1. The van der Waals surface area contributed by atoms with Crippen LogP contribution in [0.15, 0.2) is 48.7 Å². The molecule has 0 fully saturated rings. The number of para-hydroxylation sites is 2. The van der Waals surface area contributed by atoms with Crippen LogP contribution in [0.4, 0.5) is 5.69 Å². The van der Waals surface area contributed by atoms with Gasteiger partial charge in [-0.1, -0.05) is 18.2 Å². The van der Waals surface area contributed by atoms with E-state index in [1.54, 1.807) is 12.3 Å². The highest BCUT2D eigenvalue weighted by Crippen LogP contribution is 2.26. The first kappa shape index (κ1) is 12.3. The summed E-state index contributed by atoms with van der Waals surface area (Å²) in [5, 5.41) is 0. The average molecular weight is 238 g/mol. The van der Waals surface area contributed by atoms with E-state index in [4.69, 9.17) is 10.6 Å². The molecular weight excluding hydrogens is 226 g/mol. The standard InChI is InChI=1S/C11H11N3O.ClH/c12-14-9-5-1-2-6-10(9)15-11-7-3-4-8-13-11;/h1-8,14H,12H2;1H. The molecule has 84 valence electrons. The van der Waals surface area contributed by atoms with E-state index >= 15 is 0 Å². The van der Waals surface area contributed by atoms with E-state index in [2.05, 4.69) is 10.4 Å². The summed E-state index contributed by atoms with van der Waals surface area (Å²) in [6.45, 7) is 0. The number of nitrogens with two attached hydrogens (primary N) is 1. The van der Waals surface area contributed by atoms with E-state index < -0.39 is 0 Å². The molecule has 0 spiro atoms. The highest BCUT2D eigenvalue weighted by molar-refractivity contribution is 5.85. The zero-order chi connectivity index (χ0) is 10.5. The number of hydrazine groups is 1. The fraction of sp³-hybridized carbons (Fsp3) is 0. The van der Waals surface area contributed by atoms with Crippen molar-refractivity contribution in [1.82, 2.24) is 4.98 Å². The second kappa shape index (κ2) is 5.95. The molecule has 0 aliphatic rings. The minimum atomic E-state index is 0. The molecule has 0 saturated heterocycles. The number of pyridine rings is 1. The van der Waals surface area contributed by atoms with E-state index in [1.165, 1.54) is 0 Å². The summed E-state index contributed by atoms with van der Waals surface area (Å²) in [4.78, 5) is 4.06. The van der Waals surface area contributed by atoms with Gasteiger partial charge >= 0.3 is 0 Å². The van der Waals surface area contributed by atoms with Gasteiger partial charge in [-0.2, -0.15) is 0 Å². The maximum atomic E-state index is 5.55. The number of ether oxygens (including phenoxy) is 1. The molecular formula is C11H12ClN3O. The predicted octanol–water partition coefficient (Wildman–Crippen LogP) is 2.58. The Bertz CT molecular complexity index is 436. The van der Waals surface area contributed by atoms with Crippen molar-refractivity contribution >= 4 is 18.1 Å². The molecule has 0 unspecified atom stereocenters. The van der Waals surface area contributed by atoms with Crippen LogP contribution in [0.25, 0.3) is 0 Å². The van der Waals surface area contributed by atoms with Crippen molar-refractivity contribution in [3.05, 3.63) is 48.7 Å². The van der Waals surface area contributed by atoms with E-state index in [0.29, 0.717) is 11.6 Å². The van der Waals surface area contributed by atoms with Crippen LogP contribution in [0.2, 0.25) is 0 Å². The number of nitrogens with one attached hydrogen (secondary N) is 1. The number of rotatable bonds is 3. The Morgan fingerprint density at radius 2 is 1.81 bits per heavy atom. The SMILES string of the molecule is Cl.NNc1ccccc1Oc1ccccn1. The van der Waals surface area contributed by atoms with Gasteiger partial charge in [0.25, 0.3) is 0 Å². The van der Waals surface area contributed by atoms with Crippen molar-refractivity contribution in [3.8, 4) is 11.6 Å². The van der Waals surface area contributed by atoms with Crippen molar-refractivity contribution in [3.63, 3.8) is 0 Å². The molecule has 0 amide bonds. The molecule has 0 aliphatic carbocycles. The maximum Gasteiger partial charge on any atom is 0.219 e. The third-order valence-corrected chi connectivity index (χ3v) is 1.89. The molecule has 0 bridgehead atoms. The van der Waals surface area contributed by atoms with Gasteiger partial charge in [-0.15, -0.1) is 12.4 Å². The van der Waals surface area contributed by atoms with Gasteiger partial charge in [0.15, 0.2) is 5.75 Å². The van der Waals surface area contributed by atoms with Crippen molar-refractivity contribution in [2.75, 3.05) is 5.43 Å². The van der Waals surface area contributed by atoms with Gasteiger partial charge in [-0.05, 0) is 18.2 Å². The molecule has 0 saturated carbocycles. The van der Waals surface area contributed by atoms with Crippen molar-refractivity contribution in [2.24, 2.45) is 5.84 Å². The molecule has 2 aromatic rings. The lowest BCUT2D eigenvalue weighted by molar-refractivity contribution is 0.464. The Balaban J connectivity index is 0.00000128. The fourth-order valence-electron chi connectivity index (χ4n) is 1.20. The minimum absolute atomic E-state index is 0. The lowest BCUT2D eigenvalue weighted by Crippen LogP contribution is -2.07. The maximum absolute atomic E-state index is 5.55. The normalized spacial score (nSPS) is 9.06. The Hall–Kier alpha value is -1.78. The first-order valence-corrected chi connectivity index (χ1v) is 4.54. The van der Waals surface area contributed by atoms with Gasteiger partial charge in [0.05, 0.1) is 5.69 Å². The Kier molecular flexibility index (Phi) is 4.57. The number of benzene rings is 1.